The van der Waals surface area contributed by atoms with Gasteiger partial charge in [0.15, 0.2) is 0 Å². The van der Waals surface area contributed by atoms with Crippen LogP contribution in [0.15, 0.2) is 42.7 Å². The maximum Gasteiger partial charge on any atom is 0.321 e. The van der Waals surface area contributed by atoms with E-state index in [0.29, 0.717) is 13.1 Å². The minimum Gasteiger partial charge on any atom is -0.465 e. The van der Waals surface area contributed by atoms with Crippen LogP contribution in [0.5, 0.6) is 0 Å². The first kappa shape index (κ1) is 17.2. The SMILES string of the molecule is CCOC(=O)C(C)(C)C(=O)N1Cc2ccccc2[C@@H](n2cccn2)C1. The van der Waals surface area contributed by atoms with Gasteiger partial charge in [0.05, 0.1) is 12.6 Å². The predicted octanol–water partition coefficient (Wildman–Crippen LogP) is 2.40. The third kappa shape index (κ3) is 3.16. The molecule has 1 aromatic heterocycles. The van der Waals surface area contributed by atoms with Crippen LogP contribution in [-0.2, 0) is 20.9 Å². The summed E-state index contributed by atoms with van der Waals surface area (Å²) < 4.78 is 6.94. The van der Waals surface area contributed by atoms with Gasteiger partial charge in [0.1, 0.15) is 5.41 Å². The van der Waals surface area contributed by atoms with E-state index < -0.39 is 11.4 Å². The van der Waals surface area contributed by atoms with E-state index in [0.717, 1.165) is 11.1 Å². The minimum atomic E-state index is -1.21. The van der Waals surface area contributed by atoms with Crippen molar-refractivity contribution in [2.45, 2.75) is 33.4 Å². The molecule has 0 radical (unpaired) electrons. The van der Waals surface area contributed by atoms with Gasteiger partial charge in [-0.2, -0.15) is 5.10 Å². The minimum absolute atomic E-state index is 0.0677. The molecule has 1 aliphatic rings. The third-order valence-electron chi connectivity index (χ3n) is 4.62. The zero-order valence-electron chi connectivity index (χ0n) is 14.8. The topological polar surface area (TPSA) is 64.4 Å². The summed E-state index contributed by atoms with van der Waals surface area (Å²) in [6, 6.07) is 9.84. The molecule has 1 atom stereocenters. The molecule has 0 aliphatic carbocycles. The highest BCUT2D eigenvalue weighted by atomic mass is 16.5. The average Bonchev–Trinajstić information content (AvgIpc) is 3.14. The average molecular weight is 341 g/mol. The van der Waals surface area contributed by atoms with Crippen molar-refractivity contribution in [3.8, 4) is 0 Å². The lowest BCUT2D eigenvalue weighted by Gasteiger charge is -2.38. The van der Waals surface area contributed by atoms with Crippen LogP contribution < -0.4 is 0 Å². The van der Waals surface area contributed by atoms with Crippen molar-refractivity contribution < 1.29 is 14.3 Å². The molecule has 0 unspecified atom stereocenters. The van der Waals surface area contributed by atoms with Gasteiger partial charge in [0.2, 0.25) is 5.91 Å². The second-order valence-electron chi connectivity index (χ2n) is 6.73. The fourth-order valence-electron chi connectivity index (χ4n) is 3.22. The number of aromatic nitrogens is 2. The zero-order chi connectivity index (χ0) is 18.0. The van der Waals surface area contributed by atoms with Crippen molar-refractivity contribution in [2.75, 3.05) is 13.2 Å². The molecule has 1 aliphatic heterocycles. The standard InChI is InChI=1S/C19H23N3O3/c1-4-25-18(24)19(2,3)17(23)21-12-14-8-5-6-9-15(14)16(13-21)22-11-7-10-20-22/h5-11,16H,4,12-13H2,1-3H3/t16-/m0/s1. The van der Waals surface area contributed by atoms with Crippen LogP contribution in [0.2, 0.25) is 0 Å². The van der Waals surface area contributed by atoms with E-state index >= 15 is 0 Å². The number of amides is 1. The molecule has 0 saturated heterocycles. The van der Waals surface area contributed by atoms with Gasteiger partial charge in [-0.05, 0) is 38.0 Å². The number of rotatable bonds is 4. The lowest BCUT2D eigenvalue weighted by molar-refractivity contribution is -0.163. The fourth-order valence-corrected chi connectivity index (χ4v) is 3.22. The van der Waals surface area contributed by atoms with E-state index in [4.69, 9.17) is 4.74 Å². The first-order valence-electron chi connectivity index (χ1n) is 8.48. The van der Waals surface area contributed by atoms with Gasteiger partial charge in [-0.3, -0.25) is 14.3 Å². The Hall–Kier alpha value is -2.63. The van der Waals surface area contributed by atoms with Crippen LogP contribution in [0, 0.1) is 5.41 Å². The summed E-state index contributed by atoms with van der Waals surface area (Å²) in [5.74, 6) is -0.716. The molecule has 0 spiro atoms. The summed E-state index contributed by atoms with van der Waals surface area (Å²) in [6.45, 7) is 6.20. The highest BCUT2D eigenvalue weighted by molar-refractivity contribution is 6.01. The molecule has 6 heteroatoms. The summed E-state index contributed by atoms with van der Waals surface area (Å²) in [6.07, 6.45) is 3.62. The maximum absolute atomic E-state index is 13.1. The normalized spacial score (nSPS) is 17.1. The summed E-state index contributed by atoms with van der Waals surface area (Å²) in [5.41, 5.74) is 1.02. The molecular formula is C19H23N3O3. The van der Waals surface area contributed by atoms with E-state index in [1.165, 1.54) is 0 Å². The van der Waals surface area contributed by atoms with Crippen molar-refractivity contribution >= 4 is 11.9 Å². The van der Waals surface area contributed by atoms with Crippen LogP contribution in [0.1, 0.15) is 37.9 Å². The molecule has 1 amide bonds. The smallest absolute Gasteiger partial charge is 0.321 e. The zero-order valence-corrected chi connectivity index (χ0v) is 14.8. The van der Waals surface area contributed by atoms with E-state index in [1.54, 1.807) is 31.9 Å². The number of hydrogen-bond acceptors (Lipinski definition) is 4. The van der Waals surface area contributed by atoms with E-state index in [1.807, 2.05) is 35.1 Å². The first-order valence-corrected chi connectivity index (χ1v) is 8.48. The largest absolute Gasteiger partial charge is 0.465 e. The Morgan fingerprint density at radius 1 is 1.28 bits per heavy atom. The van der Waals surface area contributed by atoms with Gasteiger partial charge in [-0.15, -0.1) is 0 Å². The van der Waals surface area contributed by atoms with Gasteiger partial charge in [-0.1, -0.05) is 24.3 Å². The number of hydrogen-bond donors (Lipinski definition) is 0. The Labute approximate surface area is 147 Å². The first-order chi connectivity index (χ1) is 11.9. The number of esters is 1. The quantitative estimate of drug-likeness (QED) is 0.633. The number of fused-ring (bicyclic) bond motifs is 1. The number of carbonyl (C=O) groups excluding carboxylic acids is 2. The summed E-state index contributed by atoms with van der Waals surface area (Å²) in [7, 11) is 0. The van der Waals surface area contributed by atoms with E-state index in [2.05, 4.69) is 11.2 Å². The number of carbonyl (C=O) groups is 2. The molecule has 1 aromatic carbocycles. The Morgan fingerprint density at radius 3 is 2.72 bits per heavy atom. The van der Waals surface area contributed by atoms with Gasteiger partial charge in [0.25, 0.3) is 0 Å². The summed E-state index contributed by atoms with van der Waals surface area (Å²) in [5, 5.41) is 4.35. The van der Waals surface area contributed by atoms with Crippen molar-refractivity contribution in [1.82, 2.24) is 14.7 Å². The van der Waals surface area contributed by atoms with E-state index in [9.17, 15) is 9.59 Å². The molecule has 2 aromatic rings. The van der Waals surface area contributed by atoms with Crippen molar-refractivity contribution in [2.24, 2.45) is 5.41 Å². The monoisotopic (exact) mass is 341 g/mol. The molecule has 132 valence electrons. The van der Waals surface area contributed by atoms with Crippen LogP contribution in [0.4, 0.5) is 0 Å². The summed E-state index contributed by atoms with van der Waals surface area (Å²) >= 11 is 0. The van der Waals surface area contributed by atoms with Gasteiger partial charge in [-0.25, -0.2) is 0 Å². The molecule has 6 nitrogen and oxygen atoms in total. The van der Waals surface area contributed by atoms with Crippen LogP contribution in [-0.4, -0.2) is 39.7 Å². The molecule has 0 fully saturated rings. The van der Waals surface area contributed by atoms with Gasteiger partial charge in [0, 0.05) is 25.5 Å². The molecule has 3 rings (SSSR count). The molecule has 25 heavy (non-hydrogen) atoms. The van der Waals surface area contributed by atoms with Crippen molar-refractivity contribution in [1.29, 1.82) is 0 Å². The van der Waals surface area contributed by atoms with Crippen molar-refractivity contribution in [3.05, 3.63) is 53.9 Å². The molecule has 0 saturated carbocycles. The van der Waals surface area contributed by atoms with Crippen LogP contribution in [0.25, 0.3) is 0 Å². The molecule has 2 heterocycles. The molecular weight excluding hydrogens is 318 g/mol. The summed E-state index contributed by atoms with van der Waals surface area (Å²) in [4.78, 5) is 27.0. The Morgan fingerprint density at radius 2 is 2.04 bits per heavy atom. The maximum atomic E-state index is 13.1. The fraction of sp³-hybridized carbons (Fsp3) is 0.421. The van der Waals surface area contributed by atoms with Gasteiger partial charge < -0.3 is 9.64 Å². The number of benzene rings is 1. The van der Waals surface area contributed by atoms with Gasteiger partial charge >= 0.3 is 5.97 Å². The van der Waals surface area contributed by atoms with Crippen LogP contribution in [0.3, 0.4) is 0 Å². The third-order valence-corrected chi connectivity index (χ3v) is 4.62. The molecule has 0 bridgehead atoms. The second kappa shape index (κ2) is 6.70. The second-order valence-corrected chi connectivity index (χ2v) is 6.73. The van der Waals surface area contributed by atoms with Crippen molar-refractivity contribution in [3.63, 3.8) is 0 Å². The Kier molecular flexibility index (Phi) is 4.61. The lowest BCUT2D eigenvalue weighted by atomic mass is 9.88. The predicted molar refractivity (Wildman–Crippen MR) is 92.6 cm³/mol. The number of nitrogens with zero attached hydrogens (tertiary/aromatic N) is 3. The lowest BCUT2D eigenvalue weighted by Crippen LogP contribution is -2.49. The Bertz CT molecular complexity index is 768. The highest BCUT2D eigenvalue weighted by Crippen LogP contribution is 2.32. The highest BCUT2D eigenvalue weighted by Gasteiger charge is 2.42. The molecule has 0 N–H and O–H groups in total. The number of ether oxygens (including phenoxy) is 1. The van der Waals surface area contributed by atoms with E-state index in [-0.39, 0.29) is 18.6 Å². The Balaban J connectivity index is 1.92. The van der Waals surface area contributed by atoms with Crippen LogP contribution >= 0.6 is 0 Å².